The van der Waals surface area contributed by atoms with Crippen molar-refractivity contribution in [1.29, 1.82) is 0 Å². The molecule has 2 aromatic rings. The van der Waals surface area contributed by atoms with E-state index in [9.17, 15) is 18.0 Å². The fourth-order valence-electron chi connectivity index (χ4n) is 4.04. The van der Waals surface area contributed by atoms with Gasteiger partial charge in [-0.3, -0.25) is 9.59 Å². The number of fused-ring (bicyclic) bond motifs is 1. The van der Waals surface area contributed by atoms with Gasteiger partial charge in [0, 0.05) is 30.7 Å². The van der Waals surface area contributed by atoms with Gasteiger partial charge in [-0.05, 0) is 69.3 Å². The van der Waals surface area contributed by atoms with E-state index in [1.807, 2.05) is 20.9 Å². The summed E-state index contributed by atoms with van der Waals surface area (Å²) in [5, 5.41) is 5.15. The Morgan fingerprint density at radius 3 is 2.52 bits per heavy atom. The Hall–Kier alpha value is -2.20. The van der Waals surface area contributed by atoms with Crippen LogP contribution in [0.1, 0.15) is 27.2 Å². The van der Waals surface area contributed by atoms with Gasteiger partial charge in [0.2, 0.25) is 21.8 Å². The number of hydrogen-bond donors (Lipinski definition) is 2. The smallest absolute Gasteiger partial charge is 0.245 e. The highest BCUT2D eigenvalue weighted by molar-refractivity contribution is 7.89. The number of nitrogens with zero attached hydrogens (tertiary/aromatic N) is 2. The van der Waals surface area contributed by atoms with Crippen molar-refractivity contribution in [3.05, 3.63) is 41.4 Å². The van der Waals surface area contributed by atoms with Crippen molar-refractivity contribution in [3.8, 4) is 0 Å². The van der Waals surface area contributed by atoms with E-state index in [1.165, 1.54) is 11.0 Å². The van der Waals surface area contributed by atoms with Gasteiger partial charge in [-0.25, -0.2) is 8.42 Å². The molecule has 1 fully saturated rings. The molecule has 0 bridgehead atoms. The molecule has 8 nitrogen and oxygen atoms in total. The third-order valence-electron chi connectivity index (χ3n) is 5.96. The lowest BCUT2D eigenvalue weighted by Gasteiger charge is -2.33. The number of sulfonamides is 1. The van der Waals surface area contributed by atoms with Crippen molar-refractivity contribution in [2.75, 3.05) is 26.7 Å². The van der Waals surface area contributed by atoms with Gasteiger partial charge in [0.1, 0.15) is 12.1 Å². The van der Waals surface area contributed by atoms with Gasteiger partial charge < -0.3 is 15.1 Å². The van der Waals surface area contributed by atoms with Crippen molar-refractivity contribution in [2.24, 2.45) is 0 Å². The lowest BCUT2D eigenvalue weighted by Crippen LogP contribution is -2.52. The molecule has 0 saturated carbocycles. The first-order valence-electron chi connectivity index (χ1n) is 11.0. The van der Waals surface area contributed by atoms with E-state index in [-0.39, 0.29) is 22.8 Å². The van der Waals surface area contributed by atoms with Crippen molar-refractivity contribution in [3.63, 3.8) is 0 Å². The van der Waals surface area contributed by atoms with Crippen LogP contribution in [0.4, 0.5) is 0 Å². The standard InChI is InChI=1S/C23H31ClN4O4S/c1-15(2)27(12-10-25-4)22(29)16(3)28-11-9-21(23(28)30)26-33(31,32)20-8-6-17-13-19(24)7-5-18(17)14-20/h5-8,13-16,21,25-26H,9-12H2,1-4H3/t16-,21-/m0/s1. The zero-order valence-electron chi connectivity index (χ0n) is 19.3. The summed E-state index contributed by atoms with van der Waals surface area (Å²) in [4.78, 5) is 29.3. The van der Waals surface area contributed by atoms with Crippen molar-refractivity contribution in [1.82, 2.24) is 19.8 Å². The summed E-state index contributed by atoms with van der Waals surface area (Å²) >= 11 is 6.00. The molecule has 2 amide bonds. The topological polar surface area (TPSA) is 98.8 Å². The number of benzene rings is 2. The zero-order valence-corrected chi connectivity index (χ0v) is 20.9. The van der Waals surface area contributed by atoms with Gasteiger partial charge in [-0.2, -0.15) is 4.72 Å². The van der Waals surface area contributed by atoms with E-state index in [4.69, 9.17) is 11.6 Å². The Bertz CT molecular complexity index is 1140. The minimum atomic E-state index is -3.92. The first kappa shape index (κ1) is 25.4. The van der Waals surface area contributed by atoms with Crippen molar-refractivity contribution < 1.29 is 18.0 Å². The predicted molar refractivity (Wildman–Crippen MR) is 130 cm³/mol. The number of halogens is 1. The molecule has 2 N–H and O–H groups in total. The predicted octanol–water partition coefficient (Wildman–Crippen LogP) is 2.22. The van der Waals surface area contributed by atoms with Crippen LogP contribution in [0.3, 0.4) is 0 Å². The lowest BCUT2D eigenvalue weighted by atomic mass is 10.1. The molecule has 0 radical (unpaired) electrons. The average molecular weight is 495 g/mol. The third-order valence-corrected chi connectivity index (χ3v) is 7.66. The van der Waals surface area contributed by atoms with Gasteiger partial charge in [0.05, 0.1) is 4.90 Å². The van der Waals surface area contributed by atoms with Crippen LogP contribution in [-0.4, -0.2) is 74.8 Å². The number of carbonyl (C=O) groups is 2. The summed E-state index contributed by atoms with van der Waals surface area (Å²) in [5.41, 5.74) is 0. The van der Waals surface area contributed by atoms with Gasteiger partial charge >= 0.3 is 0 Å². The fraction of sp³-hybridized carbons (Fsp3) is 0.478. The highest BCUT2D eigenvalue weighted by atomic mass is 35.5. The molecular formula is C23H31ClN4O4S. The first-order chi connectivity index (χ1) is 15.5. The molecule has 0 aromatic heterocycles. The summed E-state index contributed by atoms with van der Waals surface area (Å²) < 4.78 is 28.5. The minimum absolute atomic E-state index is 0.0110. The Balaban J connectivity index is 1.72. The molecule has 1 saturated heterocycles. The van der Waals surface area contributed by atoms with E-state index in [2.05, 4.69) is 10.0 Å². The molecule has 180 valence electrons. The monoisotopic (exact) mass is 494 g/mol. The second kappa shape index (κ2) is 10.4. The molecule has 2 atom stereocenters. The third kappa shape index (κ3) is 5.66. The Kier molecular flexibility index (Phi) is 8.00. The van der Waals surface area contributed by atoms with Gasteiger partial charge in [-0.1, -0.05) is 23.7 Å². The SMILES string of the molecule is CNCCN(C(=O)[C@H](C)N1CC[C@H](NS(=O)(=O)c2ccc3cc(Cl)ccc3c2)C1=O)C(C)C. The van der Waals surface area contributed by atoms with Gasteiger partial charge in [0.25, 0.3) is 0 Å². The number of nitrogens with one attached hydrogen (secondary N) is 2. The van der Waals surface area contributed by atoms with E-state index in [0.29, 0.717) is 31.1 Å². The molecule has 0 unspecified atom stereocenters. The highest BCUT2D eigenvalue weighted by Crippen LogP contribution is 2.24. The molecule has 2 aromatic carbocycles. The molecule has 33 heavy (non-hydrogen) atoms. The maximum absolute atomic E-state index is 13.0. The van der Waals surface area contributed by atoms with Crippen LogP contribution in [0.15, 0.2) is 41.3 Å². The van der Waals surface area contributed by atoms with Crippen molar-refractivity contribution in [2.45, 2.75) is 50.2 Å². The minimum Gasteiger partial charge on any atom is -0.337 e. The molecule has 1 aliphatic rings. The number of hydrogen-bond acceptors (Lipinski definition) is 5. The van der Waals surface area contributed by atoms with E-state index >= 15 is 0 Å². The molecule has 1 aliphatic heterocycles. The largest absolute Gasteiger partial charge is 0.337 e. The molecule has 1 heterocycles. The molecule has 0 spiro atoms. The summed E-state index contributed by atoms with van der Waals surface area (Å²) in [6.07, 6.45) is 0.303. The van der Waals surface area contributed by atoms with Crippen molar-refractivity contribution >= 4 is 44.2 Å². The van der Waals surface area contributed by atoms with E-state index in [1.54, 1.807) is 42.2 Å². The Morgan fingerprint density at radius 1 is 1.18 bits per heavy atom. The number of likely N-dealkylation sites (tertiary alicyclic amines) is 1. The Morgan fingerprint density at radius 2 is 1.85 bits per heavy atom. The molecule has 10 heteroatoms. The van der Waals surface area contributed by atoms with Crippen LogP contribution in [0, 0.1) is 0 Å². The fourth-order valence-corrected chi connectivity index (χ4v) is 5.48. The van der Waals surface area contributed by atoms with E-state index < -0.39 is 22.1 Å². The maximum atomic E-state index is 13.0. The normalized spacial score (nSPS) is 17.7. The van der Waals surface area contributed by atoms with Gasteiger partial charge in [-0.15, -0.1) is 0 Å². The van der Waals surface area contributed by atoms with Crippen LogP contribution in [-0.2, 0) is 19.6 Å². The van der Waals surface area contributed by atoms with Crippen LogP contribution in [0.2, 0.25) is 5.02 Å². The quantitative estimate of drug-likeness (QED) is 0.557. The van der Waals surface area contributed by atoms with E-state index in [0.717, 1.165) is 10.8 Å². The van der Waals surface area contributed by atoms with Crippen LogP contribution in [0.5, 0.6) is 0 Å². The number of likely N-dealkylation sites (N-methyl/N-ethyl adjacent to an activating group) is 1. The van der Waals surface area contributed by atoms with Crippen LogP contribution in [0.25, 0.3) is 10.8 Å². The van der Waals surface area contributed by atoms with Crippen LogP contribution < -0.4 is 10.0 Å². The summed E-state index contributed by atoms with van der Waals surface area (Å²) in [5.74, 6) is -0.533. The zero-order chi connectivity index (χ0) is 24.3. The summed E-state index contributed by atoms with van der Waals surface area (Å²) in [6.45, 7) is 7.04. The Labute approximate surface area is 200 Å². The second-order valence-electron chi connectivity index (χ2n) is 8.55. The highest BCUT2D eigenvalue weighted by Gasteiger charge is 2.40. The summed E-state index contributed by atoms with van der Waals surface area (Å²) in [7, 11) is -2.11. The lowest BCUT2D eigenvalue weighted by molar-refractivity contribution is -0.144. The van der Waals surface area contributed by atoms with Crippen LogP contribution >= 0.6 is 11.6 Å². The average Bonchev–Trinajstić information content (AvgIpc) is 3.12. The second-order valence-corrected chi connectivity index (χ2v) is 10.7. The maximum Gasteiger partial charge on any atom is 0.245 e. The molecule has 3 rings (SSSR count). The number of carbonyl (C=O) groups excluding carboxylic acids is 2. The number of amides is 2. The summed E-state index contributed by atoms with van der Waals surface area (Å²) in [6, 6.07) is 8.35. The molecule has 0 aliphatic carbocycles. The van der Waals surface area contributed by atoms with Gasteiger partial charge in [0.15, 0.2) is 0 Å². The number of rotatable bonds is 9. The molecular weight excluding hydrogens is 464 g/mol. The first-order valence-corrected chi connectivity index (χ1v) is 12.9.